The van der Waals surface area contributed by atoms with Gasteiger partial charge in [-0.15, -0.1) is 0 Å². The van der Waals surface area contributed by atoms with Crippen molar-refractivity contribution in [2.45, 2.75) is 0 Å². The number of hydrogen-bond acceptors (Lipinski definition) is 4. The summed E-state index contributed by atoms with van der Waals surface area (Å²) < 4.78 is 0. The molecule has 92 valence electrons. The predicted molar refractivity (Wildman–Crippen MR) is 70.2 cm³/mol. The van der Waals surface area contributed by atoms with Crippen molar-refractivity contribution in [1.82, 2.24) is 15.3 Å². The second-order valence-corrected chi connectivity index (χ2v) is 3.90. The Hall–Kier alpha value is -2.14. The summed E-state index contributed by atoms with van der Waals surface area (Å²) in [5, 5.41) is 5.97. The van der Waals surface area contributed by atoms with Crippen LogP contribution in [0.2, 0.25) is 5.15 Å². The second-order valence-electron chi connectivity index (χ2n) is 3.51. The predicted octanol–water partition coefficient (Wildman–Crippen LogP) is 2.23. The normalized spacial score (nSPS) is 9.89. The van der Waals surface area contributed by atoms with Gasteiger partial charge < -0.3 is 10.6 Å². The van der Waals surface area contributed by atoms with Gasteiger partial charge in [0.05, 0.1) is 0 Å². The number of aromatic nitrogens is 2. The number of halogens is 1. The molecule has 5 nitrogen and oxygen atoms in total. The van der Waals surface area contributed by atoms with Gasteiger partial charge in [0.1, 0.15) is 17.3 Å². The molecule has 18 heavy (non-hydrogen) atoms. The number of anilines is 2. The molecule has 0 spiro atoms. The van der Waals surface area contributed by atoms with Gasteiger partial charge in [-0.2, -0.15) is 0 Å². The topological polar surface area (TPSA) is 66.9 Å². The fourth-order valence-electron chi connectivity index (χ4n) is 1.43. The lowest BCUT2D eigenvalue weighted by atomic mass is 10.2. The summed E-state index contributed by atoms with van der Waals surface area (Å²) in [6.07, 6.45) is 1.37. The molecule has 0 saturated carbocycles. The first-order valence-electron chi connectivity index (χ1n) is 5.26. The quantitative estimate of drug-likeness (QED) is 0.833. The van der Waals surface area contributed by atoms with Gasteiger partial charge in [0.2, 0.25) is 0 Å². The molecule has 2 N–H and O–H groups in total. The van der Waals surface area contributed by atoms with E-state index in [-0.39, 0.29) is 5.91 Å². The van der Waals surface area contributed by atoms with Crippen molar-refractivity contribution in [2.24, 2.45) is 0 Å². The number of rotatable bonds is 3. The minimum atomic E-state index is -0.139. The molecule has 0 fully saturated rings. The monoisotopic (exact) mass is 262 g/mol. The van der Waals surface area contributed by atoms with Crippen LogP contribution in [0.1, 0.15) is 10.4 Å². The molecule has 0 atom stereocenters. The first-order valence-corrected chi connectivity index (χ1v) is 5.63. The van der Waals surface area contributed by atoms with Crippen molar-refractivity contribution in [3.63, 3.8) is 0 Å². The molecule has 6 heteroatoms. The first kappa shape index (κ1) is 12.3. The zero-order chi connectivity index (χ0) is 13.0. The zero-order valence-electron chi connectivity index (χ0n) is 9.64. The van der Waals surface area contributed by atoms with Gasteiger partial charge in [0.25, 0.3) is 5.91 Å². The zero-order valence-corrected chi connectivity index (χ0v) is 10.4. The largest absolute Gasteiger partial charge is 0.355 e. The van der Waals surface area contributed by atoms with Crippen molar-refractivity contribution in [3.05, 3.63) is 47.4 Å². The van der Waals surface area contributed by atoms with Crippen molar-refractivity contribution in [1.29, 1.82) is 0 Å². The highest BCUT2D eigenvalue weighted by Crippen LogP contribution is 2.17. The molecular formula is C12H11ClN4O. The number of nitrogens with zero attached hydrogens (tertiary/aromatic N) is 2. The summed E-state index contributed by atoms with van der Waals surface area (Å²) in [6, 6.07) is 8.69. The molecule has 1 aromatic heterocycles. The minimum Gasteiger partial charge on any atom is -0.355 e. The SMILES string of the molecule is CNC(=O)c1cccc(Nc2cc(Cl)ncn2)c1. The van der Waals surface area contributed by atoms with Gasteiger partial charge in [0, 0.05) is 24.4 Å². The number of carbonyl (C=O) groups is 1. The molecule has 1 heterocycles. The fourth-order valence-corrected chi connectivity index (χ4v) is 1.58. The van der Waals surface area contributed by atoms with Crippen LogP contribution in [0.3, 0.4) is 0 Å². The Balaban J connectivity index is 2.22. The third kappa shape index (κ3) is 2.95. The van der Waals surface area contributed by atoms with E-state index in [1.54, 1.807) is 31.3 Å². The number of benzene rings is 1. The molecule has 0 aliphatic rings. The van der Waals surface area contributed by atoms with E-state index in [4.69, 9.17) is 11.6 Å². The van der Waals surface area contributed by atoms with Gasteiger partial charge in [0.15, 0.2) is 0 Å². The molecule has 2 aromatic rings. The third-order valence-corrected chi connectivity index (χ3v) is 2.46. The van der Waals surface area contributed by atoms with E-state index in [0.29, 0.717) is 16.5 Å². The Morgan fingerprint density at radius 3 is 2.83 bits per heavy atom. The van der Waals surface area contributed by atoms with Crippen LogP contribution < -0.4 is 10.6 Å². The molecule has 0 aliphatic heterocycles. The number of amides is 1. The van der Waals surface area contributed by atoms with Gasteiger partial charge in [-0.25, -0.2) is 9.97 Å². The van der Waals surface area contributed by atoms with Crippen molar-refractivity contribution in [2.75, 3.05) is 12.4 Å². The summed E-state index contributed by atoms with van der Waals surface area (Å²) in [5.74, 6) is 0.434. The number of carbonyl (C=O) groups excluding carboxylic acids is 1. The maximum atomic E-state index is 11.5. The molecule has 1 aromatic carbocycles. The number of nitrogens with one attached hydrogen (secondary N) is 2. The van der Waals surface area contributed by atoms with Gasteiger partial charge in [-0.1, -0.05) is 17.7 Å². The minimum absolute atomic E-state index is 0.139. The van der Waals surface area contributed by atoms with Gasteiger partial charge in [-0.05, 0) is 18.2 Å². The summed E-state index contributed by atoms with van der Waals surface area (Å²) in [7, 11) is 1.59. The molecule has 0 radical (unpaired) electrons. The van der Waals surface area contributed by atoms with E-state index in [9.17, 15) is 4.79 Å². The highest BCUT2D eigenvalue weighted by atomic mass is 35.5. The van der Waals surface area contributed by atoms with Crippen LogP contribution in [0.4, 0.5) is 11.5 Å². The van der Waals surface area contributed by atoms with E-state index in [1.807, 2.05) is 6.07 Å². The standard InChI is InChI=1S/C12H11ClN4O/c1-14-12(18)8-3-2-4-9(5-8)17-11-6-10(13)15-7-16-11/h2-7H,1H3,(H,14,18)(H,15,16,17). The maximum Gasteiger partial charge on any atom is 0.251 e. The van der Waals surface area contributed by atoms with E-state index in [2.05, 4.69) is 20.6 Å². The van der Waals surface area contributed by atoms with Crippen molar-refractivity contribution in [3.8, 4) is 0 Å². The molecule has 0 bridgehead atoms. The van der Waals surface area contributed by atoms with Crippen LogP contribution in [0.5, 0.6) is 0 Å². The number of hydrogen-bond donors (Lipinski definition) is 2. The smallest absolute Gasteiger partial charge is 0.251 e. The molecule has 0 saturated heterocycles. The average Bonchev–Trinajstić information content (AvgIpc) is 2.38. The van der Waals surface area contributed by atoms with Crippen LogP contribution in [0.15, 0.2) is 36.7 Å². The lowest BCUT2D eigenvalue weighted by molar-refractivity contribution is 0.0963. The Morgan fingerprint density at radius 2 is 2.11 bits per heavy atom. The van der Waals surface area contributed by atoms with Crippen LogP contribution in [-0.2, 0) is 0 Å². The third-order valence-electron chi connectivity index (χ3n) is 2.26. The summed E-state index contributed by atoms with van der Waals surface area (Å²) in [5.41, 5.74) is 1.33. The molecule has 1 amide bonds. The summed E-state index contributed by atoms with van der Waals surface area (Å²) in [4.78, 5) is 19.3. The van der Waals surface area contributed by atoms with Gasteiger partial charge >= 0.3 is 0 Å². The van der Waals surface area contributed by atoms with E-state index in [0.717, 1.165) is 5.69 Å². The Morgan fingerprint density at radius 1 is 1.28 bits per heavy atom. The lowest BCUT2D eigenvalue weighted by Crippen LogP contribution is -2.17. The van der Waals surface area contributed by atoms with Crippen molar-refractivity contribution >= 4 is 29.0 Å². The van der Waals surface area contributed by atoms with E-state index >= 15 is 0 Å². The Labute approximate surface area is 109 Å². The molecule has 0 unspecified atom stereocenters. The lowest BCUT2D eigenvalue weighted by Gasteiger charge is -2.07. The fraction of sp³-hybridized carbons (Fsp3) is 0.0833. The van der Waals surface area contributed by atoms with Crippen LogP contribution in [0.25, 0.3) is 0 Å². The maximum absolute atomic E-state index is 11.5. The van der Waals surface area contributed by atoms with Gasteiger partial charge in [-0.3, -0.25) is 4.79 Å². The Bertz CT molecular complexity index is 574. The van der Waals surface area contributed by atoms with Crippen LogP contribution in [-0.4, -0.2) is 22.9 Å². The highest BCUT2D eigenvalue weighted by Gasteiger charge is 2.04. The summed E-state index contributed by atoms with van der Waals surface area (Å²) >= 11 is 5.76. The van der Waals surface area contributed by atoms with E-state index < -0.39 is 0 Å². The highest BCUT2D eigenvalue weighted by molar-refractivity contribution is 6.29. The molecular weight excluding hydrogens is 252 g/mol. The van der Waals surface area contributed by atoms with Crippen LogP contribution >= 0.6 is 11.6 Å². The van der Waals surface area contributed by atoms with Crippen LogP contribution in [0, 0.1) is 0 Å². The second kappa shape index (κ2) is 5.46. The average molecular weight is 263 g/mol. The van der Waals surface area contributed by atoms with Crippen molar-refractivity contribution < 1.29 is 4.79 Å². The molecule has 2 rings (SSSR count). The first-order chi connectivity index (χ1) is 8.69. The Kier molecular flexibility index (Phi) is 3.74. The summed E-state index contributed by atoms with van der Waals surface area (Å²) in [6.45, 7) is 0. The molecule has 0 aliphatic carbocycles. The van der Waals surface area contributed by atoms with E-state index in [1.165, 1.54) is 6.33 Å².